The van der Waals surface area contributed by atoms with E-state index in [1.165, 1.54) is 43.9 Å². The lowest BCUT2D eigenvalue weighted by Gasteiger charge is -2.21. The molecule has 0 radical (unpaired) electrons. The zero-order valence-corrected chi connectivity index (χ0v) is 17.3. The van der Waals surface area contributed by atoms with E-state index in [4.69, 9.17) is 4.74 Å². The first-order valence-electron chi connectivity index (χ1n) is 9.73. The van der Waals surface area contributed by atoms with Gasteiger partial charge < -0.3 is 10.1 Å². The molecule has 2 heterocycles. The Balaban J connectivity index is 1.48. The van der Waals surface area contributed by atoms with Crippen molar-refractivity contribution >= 4 is 23.4 Å². The summed E-state index contributed by atoms with van der Waals surface area (Å²) < 4.78 is 7.62. The number of amides is 1. The topological polar surface area (TPSA) is 81.4 Å². The first kappa shape index (κ1) is 20.1. The molecule has 1 N–H and O–H groups in total. The fourth-order valence-corrected chi connectivity index (χ4v) is 3.87. The van der Waals surface area contributed by atoms with Crippen molar-refractivity contribution in [1.29, 1.82) is 0 Å². The highest BCUT2D eigenvalue weighted by Gasteiger charge is 2.16. The zero-order valence-electron chi connectivity index (χ0n) is 16.5. The molecule has 1 saturated carbocycles. The Labute approximate surface area is 164 Å². The summed E-state index contributed by atoms with van der Waals surface area (Å²) >= 11 is 1.48. The number of aryl methyl sites for hydroxylation is 2. The summed E-state index contributed by atoms with van der Waals surface area (Å²) in [4.78, 5) is 21.2. The summed E-state index contributed by atoms with van der Waals surface area (Å²) in [7, 11) is 0. The van der Waals surface area contributed by atoms with E-state index in [0.717, 1.165) is 23.4 Å². The molecule has 1 amide bonds. The van der Waals surface area contributed by atoms with Gasteiger partial charge in [-0.05, 0) is 39.4 Å². The second kappa shape index (κ2) is 9.50. The molecule has 7 nitrogen and oxygen atoms in total. The minimum absolute atomic E-state index is 0.00483. The van der Waals surface area contributed by atoms with Crippen molar-refractivity contribution in [3.05, 3.63) is 17.0 Å². The van der Waals surface area contributed by atoms with Crippen LogP contribution in [0.2, 0.25) is 0 Å². The van der Waals surface area contributed by atoms with Crippen LogP contribution in [0.15, 0.2) is 5.16 Å². The quantitative estimate of drug-likeness (QED) is 0.550. The van der Waals surface area contributed by atoms with Crippen molar-refractivity contribution in [2.24, 2.45) is 0 Å². The molecule has 1 aliphatic carbocycles. The van der Waals surface area contributed by atoms with Gasteiger partial charge in [0.15, 0.2) is 0 Å². The second-order valence-corrected chi connectivity index (χ2v) is 7.86. The van der Waals surface area contributed by atoms with Gasteiger partial charge in [0.25, 0.3) is 5.78 Å². The third-order valence-corrected chi connectivity index (χ3v) is 5.64. The number of fused-ring (bicyclic) bond motifs is 1. The molecular weight excluding hydrogens is 362 g/mol. The van der Waals surface area contributed by atoms with Crippen molar-refractivity contribution in [3.63, 3.8) is 0 Å². The van der Waals surface area contributed by atoms with E-state index < -0.39 is 0 Å². The Bertz CT molecular complexity index is 786. The Morgan fingerprint density at radius 2 is 2.04 bits per heavy atom. The molecule has 0 saturated heterocycles. The number of nitrogens with zero attached hydrogens (tertiary/aromatic N) is 4. The van der Waals surface area contributed by atoms with Crippen molar-refractivity contribution in [3.8, 4) is 0 Å². The average molecular weight is 392 g/mol. The highest BCUT2D eigenvalue weighted by Crippen LogP contribution is 2.20. The van der Waals surface area contributed by atoms with Gasteiger partial charge in [-0.15, -0.1) is 5.10 Å². The van der Waals surface area contributed by atoms with E-state index in [2.05, 4.69) is 20.4 Å². The summed E-state index contributed by atoms with van der Waals surface area (Å²) in [6.07, 6.45) is 9.77. The van der Waals surface area contributed by atoms with Crippen molar-refractivity contribution in [2.45, 2.75) is 70.1 Å². The number of aromatic nitrogens is 4. The molecule has 148 valence electrons. The van der Waals surface area contributed by atoms with Crippen LogP contribution in [0.25, 0.3) is 5.78 Å². The molecule has 3 rings (SSSR count). The third kappa shape index (κ3) is 5.19. The van der Waals surface area contributed by atoms with Gasteiger partial charge in [-0.3, -0.25) is 4.79 Å². The van der Waals surface area contributed by atoms with Gasteiger partial charge in [0, 0.05) is 30.1 Å². The Morgan fingerprint density at radius 1 is 1.26 bits per heavy atom. The van der Waals surface area contributed by atoms with E-state index in [-0.39, 0.29) is 5.91 Å². The van der Waals surface area contributed by atoms with Gasteiger partial charge in [0.05, 0.1) is 12.5 Å². The van der Waals surface area contributed by atoms with E-state index >= 15 is 0 Å². The van der Waals surface area contributed by atoms with Crippen molar-refractivity contribution < 1.29 is 9.53 Å². The van der Waals surface area contributed by atoms with Crippen molar-refractivity contribution in [1.82, 2.24) is 24.9 Å². The highest BCUT2D eigenvalue weighted by molar-refractivity contribution is 7.98. The Hall–Kier alpha value is -1.67. The lowest BCUT2D eigenvalue weighted by atomic mass is 9.98. The summed E-state index contributed by atoms with van der Waals surface area (Å²) in [6, 6.07) is 0. The molecule has 0 bridgehead atoms. The van der Waals surface area contributed by atoms with Crippen LogP contribution in [0.1, 0.15) is 55.5 Å². The lowest BCUT2D eigenvalue weighted by molar-refractivity contribution is -0.120. The minimum atomic E-state index is 0.00483. The van der Waals surface area contributed by atoms with E-state index in [9.17, 15) is 4.79 Å². The Morgan fingerprint density at radius 3 is 2.78 bits per heavy atom. The SMILES string of the molecule is CSc1nc2nc(C)c(CC(=O)NCCCOC3CCCCC3)c(C)n2n1. The molecule has 0 aromatic carbocycles. The summed E-state index contributed by atoms with van der Waals surface area (Å²) in [6.45, 7) is 5.23. The molecule has 0 unspecified atom stereocenters. The van der Waals surface area contributed by atoms with E-state index in [1.807, 2.05) is 20.1 Å². The number of nitrogens with one attached hydrogen (secondary N) is 1. The highest BCUT2D eigenvalue weighted by atomic mass is 32.2. The molecule has 27 heavy (non-hydrogen) atoms. The van der Waals surface area contributed by atoms with Crippen LogP contribution >= 0.6 is 11.8 Å². The van der Waals surface area contributed by atoms with Gasteiger partial charge in [-0.1, -0.05) is 31.0 Å². The van der Waals surface area contributed by atoms with Crippen LogP contribution in [0, 0.1) is 13.8 Å². The molecule has 2 aromatic heterocycles. The predicted molar refractivity (Wildman–Crippen MR) is 106 cm³/mol. The predicted octanol–water partition coefficient (Wildman–Crippen LogP) is 2.86. The van der Waals surface area contributed by atoms with Gasteiger partial charge in [0.1, 0.15) is 0 Å². The van der Waals surface area contributed by atoms with E-state index in [1.54, 1.807) is 4.52 Å². The number of thioether (sulfide) groups is 1. The summed E-state index contributed by atoms with van der Waals surface area (Å²) in [5, 5.41) is 8.10. The monoisotopic (exact) mass is 391 g/mol. The third-order valence-electron chi connectivity index (χ3n) is 5.10. The molecule has 2 aromatic rings. The maximum absolute atomic E-state index is 12.4. The molecule has 1 aliphatic rings. The molecule has 0 aliphatic heterocycles. The number of carbonyl (C=O) groups excluding carboxylic acids is 1. The lowest BCUT2D eigenvalue weighted by Crippen LogP contribution is -2.28. The molecule has 8 heteroatoms. The standard InChI is InChI=1S/C19H29N5O2S/c1-13-16(14(2)24-18(21-13)22-19(23-24)27-3)12-17(25)20-10-7-11-26-15-8-5-4-6-9-15/h15H,4-12H2,1-3H3,(H,20,25). The van der Waals surface area contributed by atoms with Crippen LogP contribution in [-0.4, -0.2) is 51.0 Å². The van der Waals surface area contributed by atoms with Crippen LogP contribution in [0.4, 0.5) is 0 Å². The largest absolute Gasteiger partial charge is 0.378 e. The van der Waals surface area contributed by atoms with E-state index in [0.29, 0.717) is 36.6 Å². The normalized spacial score (nSPS) is 15.4. The smallest absolute Gasteiger partial charge is 0.253 e. The molecule has 1 fully saturated rings. The Kier molecular flexibility index (Phi) is 7.07. The fraction of sp³-hybridized carbons (Fsp3) is 0.684. The minimum Gasteiger partial charge on any atom is -0.378 e. The molecular formula is C19H29N5O2S. The van der Waals surface area contributed by atoms with Crippen LogP contribution in [-0.2, 0) is 16.0 Å². The van der Waals surface area contributed by atoms with Crippen LogP contribution in [0.3, 0.4) is 0 Å². The van der Waals surface area contributed by atoms with Crippen LogP contribution in [0.5, 0.6) is 0 Å². The second-order valence-electron chi connectivity index (χ2n) is 7.08. The number of hydrogen-bond donors (Lipinski definition) is 1. The van der Waals surface area contributed by atoms with Crippen molar-refractivity contribution in [2.75, 3.05) is 19.4 Å². The average Bonchev–Trinajstić information content (AvgIpc) is 3.09. The molecule has 0 spiro atoms. The number of ether oxygens (including phenoxy) is 1. The van der Waals surface area contributed by atoms with Gasteiger partial charge in [-0.2, -0.15) is 4.98 Å². The maximum Gasteiger partial charge on any atom is 0.253 e. The number of hydrogen-bond acceptors (Lipinski definition) is 6. The number of rotatable bonds is 8. The summed E-state index contributed by atoms with van der Waals surface area (Å²) in [5.74, 6) is 0.587. The van der Waals surface area contributed by atoms with Gasteiger partial charge in [-0.25, -0.2) is 9.50 Å². The van der Waals surface area contributed by atoms with Gasteiger partial charge >= 0.3 is 0 Å². The first-order chi connectivity index (χ1) is 13.1. The zero-order chi connectivity index (χ0) is 19.2. The maximum atomic E-state index is 12.4. The first-order valence-corrected chi connectivity index (χ1v) is 11.0. The number of carbonyl (C=O) groups is 1. The van der Waals surface area contributed by atoms with Gasteiger partial charge in [0.2, 0.25) is 11.1 Å². The molecule has 0 atom stereocenters. The summed E-state index contributed by atoms with van der Waals surface area (Å²) in [5.41, 5.74) is 2.66. The van der Waals surface area contributed by atoms with Crippen LogP contribution < -0.4 is 5.32 Å². The fourth-order valence-electron chi connectivity index (χ4n) is 3.54.